The molecule has 3 nitrogen and oxygen atoms in total. The summed E-state index contributed by atoms with van der Waals surface area (Å²) in [5, 5.41) is 3.13. The number of hydrogen-bond donors (Lipinski definition) is 1. The van der Waals surface area contributed by atoms with Gasteiger partial charge in [0.25, 0.3) is 0 Å². The van der Waals surface area contributed by atoms with Crippen molar-refractivity contribution in [1.82, 2.24) is 5.32 Å². The second kappa shape index (κ2) is 8.20. The van der Waals surface area contributed by atoms with Gasteiger partial charge in [0.2, 0.25) is 5.91 Å². The second-order valence-corrected chi connectivity index (χ2v) is 6.61. The van der Waals surface area contributed by atoms with Crippen LogP contribution in [-0.2, 0) is 4.79 Å². The number of thioether (sulfide) groups is 1. The molecular weight excluding hydrogens is 270 g/mol. The minimum atomic E-state index is -0.00465. The molecule has 1 atom stereocenters. The van der Waals surface area contributed by atoms with Crippen LogP contribution in [0.3, 0.4) is 0 Å². The van der Waals surface area contributed by atoms with Crippen LogP contribution in [0.1, 0.15) is 32.6 Å². The Labute approximate surface area is 125 Å². The predicted octanol–water partition coefficient (Wildman–Crippen LogP) is 3.25. The van der Waals surface area contributed by atoms with Gasteiger partial charge in [-0.15, -0.1) is 11.8 Å². The quantitative estimate of drug-likeness (QED) is 0.784. The lowest BCUT2D eigenvalue weighted by atomic mass is 10.2. The summed E-state index contributed by atoms with van der Waals surface area (Å²) in [6.45, 7) is 2.60. The van der Waals surface area contributed by atoms with Crippen LogP contribution in [0.4, 0.5) is 0 Å². The van der Waals surface area contributed by atoms with Crippen molar-refractivity contribution in [3.63, 3.8) is 0 Å². The van der Waals surface area contributed by atoms with Crippen molar-refractivity contribution in [2.24, 2.45) is 0 Å². The molecule has 0 heterocycles. The van der Waals surface area contributed by atoms with Crippen molar-refractivity contribution in [2.75, 3.05) is 12.4 Å². The van der Waals surface area contributed by atoms with Gasteiger partial charge in [0.15, 0.2) is 0 Å². The van der Waals surface area contributed by atoms with Crippen LogP contribution in [0.15, 0.2) is 30.3 Å². The Morgan fingerprint density at radius 1 is 1.35 bits per heavy atom. The first-order valence-electron chi connectivity index (χ1n) is 7.35. The van der Waals surface area contributed by atoms with Gasteiger partial charge in [-0.1, -0.05) is 31.0 Å². The van der Waals surface area contributed by atoms with Crippen LogP contribution in [0.5, 0.6) is 5.75 Å². The topological polar surface area (TPSA) is 38.3 Å². The Kier molecular flexibility index (Phi) is 6.25. The molecule has 1 aliphatic rings. The lowest BCUT2D eigenvalue weighted by molar-refractivity contribution is -0.120. The molecule has 0 aromatic heterocycles. The molecule has 0 radical (unpaired) electrons. The molecule has 1 aromatic carbocycles. The van der Waals surface area contributed by atoms with E-state index in [9.17, 15) is 4.79 Å². The van der Waals surface area contributed by atoms with Gasteiger partial charge in [-0.05, 0) is 31.9 Å². The molecule has 1 saturated carbocycles. The molecule has 20 heavy (non-hydrogen) atoms. The fourth-order valence-corrected chi connectivity index (χ4v) is 3.12. The SMILES string of the molecule is CC(SCCOc1ccccc1)C(=O)NC1CCCC1. The molecule has 1 aromatic rings. The Morgan fingerprint density at radius 3 is 2.75 bits per heavy atom. The van der Waals surface area contributed by atoms with Crippen molar-refractivity contribution < 1.29 is 9.53 Å². The molecule has 1 aliphatic carbocycles. The number of carbonyl (C=O) groups is 1. The number of hydrogen-bond acceptors (Lipinski definition) is 3. The standard InChI is InChI=1S/C16H23NO2S/c1-13(16(18)17-14-7-5-6-8-14)20-12-11-19-15-9-3-2-4-10-15/h2-4,9-10,13-14H,5-8,11-12H2,1H3,(H,17,18). The maximum absolute atomic E-state index is 12.0. The first kappa shape index (κ1) is 15.2. The summed E-state index contributed by atoms with van der Waals surface area (Å²) in [6, 6.07) is 10.2. The van der Waals surface area contributed by atoms with E-state index in [0.29, 0.717) is 12.6 Å². The Morgan fingerprint density at radius 2 is 2.05 bits per heavy atom. The summed E-state index contributed by atoms with van der Waals surface area (Å²) in [6.07, 6.45) is 4.77. The van der Waals surface area contributed by atoms with E-state index in [4.69, 9.17) is 4.74 Å². The number of carbonyl (C=O) groups excluding carboxylic acids is 1. The summed E-state index contributed by atoms with van der Waals surface area (Å²) in [5.41, 5.74) is 0. The van der Waals surface area contributed by atoms with E-state index < -0.39 is 0 Å². The highest BCUT2D eigenvalue weighted by Crippen LogP contribution is 2.19. The van der Waals surface area contributed by atoms with E-state index in [1.807, 2.05) is 37.3 Å². The van der Waals surface area contributed by atoms with Crippen molar-refractivity contribution in [3.05, 3.63) is 30.3 Å². The zero-order chi connectivity index (χ0) is 14.2. The monoisotopic (exact) mass is 293 g/mol. The van der Waals surface area contributed by atoms with Gasteiger partial charge in [-0.2, -0.15) is 0 Å². The number of ether oxygens (including phenoxy) is 1. The summed E-state index contributed by atoms with van der Waals surface area (Å²) >= 11 is 1.65. The Hall–Kier alpha value is -1.16. The summed E-state index contributed by atoms with van der Waals surface area (Å²) in [5.74, 6) is 1.88. The van der Waals surface area contributed by atoms with Crippen LogP contribution in [0, 0.1) is 0 Å². The highest BCUT2D eigenvalue weighted by molar-refractivity contribution is 8.00. The molecule has 1 amide bonds. The van der Waals surface area contributed by atoms with E-state index >= 15 is 0 Å². The molecule has 1 fully saturated rings. The normalized spacial score (nSPS) is 16.9. The lowest BCUT2D eigenvalue weighted by Crippen LogP contribution is -2.37. The molecule has 110 valence electrons. The minimum absolute atomic E-state index is 0.00465. The van der Waals surface area contributed by atoms with E-state index in [-0.39, 0.29) is 11.2 Å². The van der Waals surface area contributed by atoms with Crippen molar-refractivity contribution in [1.29, 1.82) is 0 Å². The molecule has 0 saturated heterocycles. The van der Waals surface area contributed by atoms with Crippen LogP contribution < -0.4 is 10.1 Å². The van der Waals surface area contributed by atoms with Gasteiger partial charge in [-0.3, -0.25) is 4.79 Å². The smallest absolute Gasteiger partial charge is 0.233 e. The Bertz CT molecular complexity index is 404. The third kappa shape index (κ3) is 5.08. The van der Waals surface area contributed by atoms with Crippen molar-refractivity contribution in [2.45, 2.75) is 43.9 Å². The number of benzene rings is 1. The largest absolute Gasteiger partial charge is 0.493 e. The zero-order valence-corrected chi connectivity index (χ0v) is 12.8. The molecule has 1 unspecified atom stereocenters. The van der Waals surface area contributed by atoms with Crippen LogP contribution in [-0.4, -0.2) is 29.6 Å². The number of nitrogens with one attached hydrogen (secondary N) is 1. The third-order valence-corrected chi connectivity index (χ3v) is 4.65. The summed E-state index contributed by atoms with van der Waals surface area (Å²) in [7, 11) is 0. The average molecular weight is 293 g/mol. The second-order valence-electron chi connectivity index (χ2n) is 5.16. The van der Waals surface area contributed by atoms with E-state index in [1.54, 1.807) is 11.8 Å². The van der Waals surface area contributed by atoms with Gasteiger partial charge in [0, 0.05) is 11.8 Å². The molecular formula is C16H23NO2S. The molecule has 0 spiro atoms. The van der Waals surface area contributed by atoms with Crippen molar-refractivity contribution in [3.8, 4) is 5.75 Å². The maximum Gasteiger partial charge on any atom is 0.233 e. The summed E-state index contributed by atoms with van der Waals surface area (Å²) < 4.78 is 5.62. The number of rotatable bonds is 7. The van der Waals surface area contributed by atoms with E-state index in [2.05, 4.69) is 5.32 Å². The third-order valence-electron chi connectivity index (χ3n) is 3.53. The highest BCUT2D eigenvalue weighted by atomic mass is 32.2. The van der Waals surface area contributed by atoms with E-state index in [1.165, 1.54) is 12.8 Å². The van der Waals surface area contributed by atoms with Gasteiger partial charge in [0.05, 0.1) is 11.9 Å². The average Bonchev–Trinajstić information content (AvgIpc) is 2.97. The fraction of sp³-hybridized carbons (Fsp3) is 0.562. The number of amides is 1. The van der Waals surface area contributed by atoms with Gasteiger partial charge in [0.1, 0.15) is 5.75 Å². The molecule has 4 heteroatoms. The lowest BCUT2D eigenvalue weighted by Gasteiger charge is -2.16. The van der Waals surface area contributed by atoms with Gasteiger partial charge < -0.3 is 10.1 Å². The van der Waals surface area contributed by atoms with E-state index in [0.717, 1.165) is 24.3 Å². The van der Waals surface area contributed by atoms with Crippen molar-refractivity contribution >= 4 is 17.7 Å². The van der Waals surface area contributed by atoms with Gasteiger partial charge in [-0.25, -0.2) is 0 Å². The minimum Gasteiger partial charge on any atom is -0.493 e. The maximum atomic E-state index is 12.0. The first-order valence-corrected chi connectivity index (χ1v) is 8.40. The zero-order valence-electron chi connectivity index (χ0n) is 12.0. The van der Waals surface area contributed by atoms with Crippen LogP contribution in [0.25, 0.3) is 0 Å². The van der Waals surface area contributed by atoms with Crippen LogP contribution >= 0.6 is 11.8 Å². The Balaban J connectivity index is 1.59. The molecule has 0 bridgehead atoms. The first-order chi connectivity index (χ1) is 9.75. The fourth-order valence-electron chi connectivity index (χ4n) is 2.37. The molecule has 2 rings (SSSR count). The van der Waals surface area contributed by atoms with Gasteiger partial charge >= 0.3 is 0 Å². The predicted molar refractivity (Wildman–Crippen MR) is 84.3 cm³/mol. The van der Waals surface area contributed by atoms with Crippen LogP contribution in [0.2, 0.25) is 0 Å². The molecule has 1 N–H and O–H groups in total. The molecule has 0 aliphatic heterocycles. The summed E-state index contributed by atoms with van der Waals surface area (Å²) in [4.78, 5) is 12.0. The highest BCUT2D eigenvalue weighted by Gasteiger charge is 2.20. The number of para-hydroxylation sites is 1.